The van der Waals surface area contributed by atoms with E-state index in [1.54, 1.807) is 0 Å². The van der Waals surface area contributed by atoms with Crippen LogP contribution in [-0.2, 0) is 9.59 Å². The molecule has 2 saturated heterocycles. The molecule has 0 N–H and O–H groups in total. The Morgan fingerprint density at radius 1 is 0.960 bits per heavy atom. The SMILES string of the molecule is CC1(C)CC(=O)N(CCN2CCN(c3ccccc3Cl)CC2)C(=O)C1. The molecule has 0 unspecified atom stereocenters. The van der Waals surface area contributed by atoms with Gasteiger partial charge in [0.1, 0.15) is 0 Å². The summed E-state index contributed by atoms with van der Waals surface area (Å²) in [5.41, 5.74) is 0.873. The average molecular weight is 364 g/mol. The number of likely N-dealkylation sites (tertiary alicyclic amines) is 1. The van der Waals surface area contributed by atoms with Crippen LogP contribution in [0.3, 0.4) is 0 Å². The van der Waals surface area contributed by atoms with Gasteiger partial charge >= 0.3 is 0 Å². The molecular weight excluding hydrogens is 338 g/mol. The van der Waals surface area contributed by atoms with Crippen molar-refractivity contribution in [2.45, 2.75) is 26.7 Å². The van der Waals surface area contributed by atoms with Gasteiger partial charge in [0.25, 0.3) is 0 Å². The highest BCUT2D eigenvalue weighted by Gasteiger charge is 2.37. The second kappa shape index (κ2) is 7.34. The third kappa shape index (κ3) is 4.33. The first-order valence-electron chi connectivity index (χ1n) is 8.91. The van der Waals surface area contributed by atoms with Crippen LogP contribution in [0.4, 0.5) is 5.69 Å². The molecule has 3 rings (SSSR count). The first kappa shape index (κ1) is 18.2. The van der Waals surface area contributed by atoms with Crippen LogP contribution in [0, 0.1) is 5.41 Å². The van der Waals surface area contributed by atoms with Gasteiger partial charge in [-0.1, -0.05) is 37.6 Å². The van der Waals surface area contributed by atoms with E-state index in [-0.39, 0.29) is 17.2 Å². The molecule has 136 valence electrons. The molecule has 0 aromatic heterocycles. The minimum atomic E-state index is -0.203. The third-order valence-electron chi connectivity index (χ3n) is 5.07. The van der Waals surface area contributed by atoms with E-state index in [9.17, 15) is 9.59 Å². The third-order valence-corrected chi connectivity index (χ3v) is 5.39. The van der Waals surface area contributed by atoms with Gasteiger partial charge in [0, 0.05) is 52.1 Å². The summed E-state index contributed by atoms with van der Waals surface area (Å²) in [6, 6.07) is 7.90. The molecule has 2 heterocycles. The summed E-state index contributed by atoms with van der Waals surface area (Å²) in [6.45, 7) is 8.83. The highest BCUT2D eigenvalue weighted by Crippen LogP contribution is 2.31. The van der Waals surface area contributed by atoms with Crippen molar-refractivity contribution in [3.05, 3.63) is 29.3 Å². The number of nitrogens with zero attached hydrogens (tertiary/aromatic N) is 3. The van der Waals surface area contributed by atoms with Crippen LogP contribution in [0.5, 0.6) is 0 Å². The zero-order valence-corrected chi connectivity index (χ0v) is 15.8. The number of para-hydroxylation sites is 1. The van der Waals surface area contributed by atoms with E-state index in [4.69, 9.17) is 11.6 Å². The van der Waals surface area contributed by atoms with Crippen molar-refractivity contribution in [2.24, 2.45) is 5.41 Å². The zero-order chi connectivity index (χ0) is 18.0. The number of carbonyl (C=O) groups excluding carboxylic acids is 2. The fraction of sp³-hybridized carbons (Fsp3) is 0.579. The van der Waals surface area contributed by atoms with Gasteiger partial charge in [0.15, 0.2) is 0 Å². The number of halogens is 1. The minimum absolute atomic E-state index is 0.0315. The van der Waals surface area contributed by atoms with Gasteiger partial charge in [-0.15, -0.1) is 0 Å². The van der Waals surface area contributed by atoms with Crippen LogP contribution < -0.4 is 4.90 Å². The largest absolute Gasteiger partial charge is 0.368 e. The molecule has 1 aromatic carbocycles. The number of rotatable bonds is 4. The smallest absolute Gasteiger partial charge is 0.229 e. The molecule has 5 nitrogen and oxygen atoms in total. The zero-order valence-electron chi connectivity index (χ0n) is 15.0. The number of imide groups is 1. The summed E-state index contributed by atoms with van der Waals surface area (Å²) in [5, 5.41) is 0.781. The van der Waals surface area contributed by atoms with Gasteiger partial charge in [-0.3, -0.25) is 19.4 Å². The summed E-state index contributed by atoms with van der Waals surface area (Å²) in [7, 11) is 0. The molecule has 0 atom stereocenters. The first-order chi connectivity index (χ1) is 11.9. The van der Waals surface area contributed by atoms with Crippen molar-refractivity contribution in [3.8, 4) is 0 Å². The maximum absolute atomic E-state index is 12.2. The fourth-order valence-corrected chi connectivity index (χ4v) is 3.88. The molecule has 25 heavy (non-hydrogen) atoms. The molecule has 1 aromatic rings. The van der Waals surface area contributed by atoms with E-state index in [0.29, 0.717) is 19.4 Å². The maximum Gasteiger partial charge on any atom is 0.229 e. The van der Waals surface area contributed by atoms with Crippen LogP contribution in [0.15, 0.2) is 24.3 Å². The van der Waals surface area contributed by atoms with E-state index in [1.165, 1.54) is 4.90 Å². The Morgan fingerprint density at radius 3 is 2.16 bits per heavy atom. The normalized spacial score (nSPS) is 21.7. The Morgan fingerprint density at radius 2 is 1.56 bits per heavy atom. The lowest BCUT2D eigenvalue weighted by molar-refractivity contribution is -0.152. The molecular formula is C19H26ClN3O2. The standard InChI is InChI=1S/C19H26ClN3O2/c1-19(2)13-17(24)23(18(25)14-19)12-9-21-7-10-22(11-8-21)16-6-4-3-5-15(16)20/h3-6H,7-14H2,1-2H3. The molecule has 0 radical (unpaired) electrons. The minimum Gasteiger partial charge on any atom is -0.368 e. The number of piperidine rings is 1. The lowest BCUT2D eigenvalue weighted by Gasteiger charge is -2.38. The number of carbonyl (C=O) groups is 2. The molecule has 0 bridgehead atoms. The van der Waals surface area contributed by atoms with Gasteiger partial charge < -0.3 is 4.90 Å². The van der Waals surface area contributed by atoms with Gasteiger partial charge in [0.2, 0.25) is 11.8 Å². The summed E-state index contributed by atoms with van der Waals surface area (Å²) in [4.78, 5) is 30.5. The van der Waals surface area contributed by atoms with E-state index >= 15 is 0 Å². The van der Waals surface area contributed by atoms with E-state index < -0.39 is 0 Å². The van der Waals surface area contributed by atoms with Crippen molar-refractivity contribution in [1.82, 2.24) is 9.80 Å². The van der Waals surface area contributed by atoms with Gasteiger partial charge in [-0.05, 0) is 17.5 Å². The molecule has 2 amide bonds. The number of hydrogen-bond acceptors (Lipinski definition) is 4. The summed E-state index contributed by atoms with van der Waals surface area (Å²) in [6.07, 6.45) is 0.915. The Labute approximate surface area is 154 Å². The van der Waals surface area contributed by atoms with Crippen molar-refractivity contribution in [3.63, 3.8) is 0 Å². The fourth-order valence-electron chi connectivity index (χ4n) is 3.62. The Kier molecular flexibility index (Phi) is 5.35. The number of amides is 2. The Bertz CT molecular complexity index is 634. The number of piperazine rings is 1. The van der Waals surface area contributed by atoms with Gasteiger partial charge in [-0.2, -0.15) is 0 Å². The molecule has 2 aliphatic heterocycles. The van der Waals surface area contributed by atoms with E-state index in [0.717, 1.165) is 43.4 Å². The van der Waals surface area contributed by atoms with Crippen LogP contribution in [0.2, 0.25) is 5.02 Å². The Hall–Kier alpha value is -1.59. The first-order valence-corrected chi connectivity index (χ1v) is 9.28. The number of anilines is 1. The second-order valence-electron chi connectivity index (χ2n) is 7.74. The predicted molar refractivity (Wildman–Crippen MR) is 99.8 cm³/mol. The van der Waals surface area contributed by atoms with Crippen LogP contribution >= 0.6 is 11.6 Å². The van der Waals surface area contributed by atoms with E-state index in [2.05, 4.69) is 9.80 Å². The topological polar surface area (TPSA) is 43.9 Å². The molecule has 0 aliphatic carbocycles. The predicted octanol–water partition coefficient (Wildman–Crippen LogP) is 2.64. The van der Waals surface area contributed by atoms with Crippen molar-refractivity contribution in [2.75, 3.05) is 44.2 Å². The second-order valence-corrected chi connectivity index (χ2v) is 8.14. The van der Waals surface area contributed by atoms with Crippen LogP contribution in [0.25, 0.3) is 0 Å². The molecule has 0 spiro atoms. The van der Waals surface area contributed by atoms with Crippen molar-refractivity contribution in [1.29, 1.82) is 0 Å². The van der Waals surface area contributed by atoms with Crippen molar-refractivity contribution >= 4 is 29.1 Å². The maximum atomic E-state index is 12.2. The van der Waals surface area contributed by atoms with Crippen molar-refractivity contribution < 1.29 is 9.59 Å². The highest BCUT2D eigenvalue weighted by molar-refractivity contribution is 6.33. The summed E-state index contributed by atoms with van der Waals surface area (Å²) < 4.78 is 0. The highest BCUT2D eigenvalue weighted by atomic mass is 35.5. The average Bonchev–Trinajstić information content (AvgIpc) is 2.54. The molecule has 0 saturated carbocycles. The summed E-state index contributed by atoms with van der Waals surface area (Å²) >= 11 is 6.27. The van der Waals surface area contributed by atoms with E-state index in [1.807, 2.05) is 38.1 Å². The summed E-state index contributed by atoms with van der Waals surface area (Å²) in [5.74, 6) is -0.0630. The molecule has 2 aliphatic rings. The monoisotopic (exact) mass is 363 g/mol. The lowest BCUT2D eigenvalue weighted by atomic mass is 9.82. The Balaban J connectivity index is 1.49. The van der Waals surface area contributed by atoms with Crippen LogP contribution in [-0.4, -0.2) is 60.9 Å². The number of benzene rings is 1. The lowest BCUT2D eigenvalue weighted by Crippen LogP contribution is -2.52. The molecule has 2 fully saturated rings. The molecule has 6 heteroatoms. The van der Waals surface area contributed by atoms with Gasteiger partial charge in [-0.25, -0.2) is 0 Å². The van der Waals surface area contributed by atoms with Gasteiger partial charge in [0.05, 0.1) is 10.7 Å². The quantitative estimate of drug-likeness (QED) is 0.771. The van der Waals surface area contributed by atoms with Crippen LogP contribution in [0.1, 0.15) is 26.7 Å². The number of hydrogen-bond donors (Lipinski definition) is 0.